The van der Waals surface area contributed by atoms with Crippen molar-refractivity contribution in [1.29, 1.82) is 0 Å². The number of amides is 2. The van der Waals surface area contributed by atoms with Crippen molar-refractivity contribution < 1.29 is 23.9 Å². The second-order valence-corrected chi connectivity index (χ2v) is 13.2. The van der Waals surface area contributed by atoms with Gasteiger partial charge in [0.1, 0.15) is 0 Å². The number of hydrogen-bond acceptors (Lipinski definition) is 6. The van der Waals surface area contributed by atoms with Crippen LogP contribution in [0.4, 0.5) is 5.69 Å². The van der Waals surface area contributed by atoms with Crippen LogP contribution in [-0.4, -0.2) is 35.2 Å². The first-order chi connectivity index (χ1) is 23.5. The van der Waals surface area contributed by atoms with Gasteiger partial charge in [0.05, 0.1) is 34.3 Å². The molecular weight excluding hydrogens is 600 g/mol. The zero-order valence-electron chi connectivity index (χ0n) is 25.9. The van der Waals surface area contributed by atoms with Crippen molar-refractivity contribution in [3.63, 3.8) is 0 Å². The molecule has 10 rings (SSSR count). The van der Waals surface area contributed by atoms with E-state index in [1.54, 1.807) is 36.4 Å². The molecule has 7 nitrogen and oxygen atoms in total. The molecule has 0 spiro atoms. The van der Waals surface area contributed by atoms with Crippen molar-refractivity contribution in [3.8, 4) is 22.4 Å². The molecule has 0 radical (unpaired) electrons. The van der Waals surface area contributed by atoms with Crippen LogP contribution in [0.2, 0.25) is 0 Å². The van der Waals surface area contributed by atoms with Gasteiger partial charge in [-0.15, -0.1) is 0 Å². The lowest BCUT2D eigenvalue weighted by Crippen LogP contribution is -2.40. The predicted molar refractivity (Wildman–Crippen MR) is 181 cm³/mol. The van der Waals surface area contributed by atoms with Crippen LogP contribution in [0.5, 0.6) is 0 Å². The Balaban J connectivity index is 0.941. The van der Waals surface area contributed by atoms with Crippen LogP contribution >= 0.6 is 0 Å². The maximum absolute atomic E-state index is 13.6. The Hall–Kier alpha value is -5.69. The minimum atomic E-state index is -0.627. The second-order valence-electron chi connectivity index (χ2n) is 13.2. The molecule has 2 bridgehead atoms. The summed E-state index contributed by atoms with van der Waals surface area (Å²) in [5.74, 6) is -0.214. The monoisotopic (exact) mass is 630 g/mol. The van der Waals surface area contributed by atoms with Gasteiger partial charge in [-0.2, -0.15) is 0 Å². The third-order valence-corrected chi connectivity index (χ3v) is 10.7. The van der Waals surface area contributed by atoms with Gasteiger partial charge in [0, 0.05) is 16.5 Å². The number of ether oxygens (including phenoxy) is 1. The van der Waals surface area contributed by atoms with E-state index in [0.717, 1.165) is 17.5 Å². The van der Waals surface area contributed by atoms with Crippen molar-refractivity contribution in [3.05, 3.63) is 132 Å². The number of hydrogen-bond donors (Lipinski definition) is 0. The Labute approximate surface area is 276 Å². The third kappa shape index (κ3) is 4.53. The van der Waals surface area contributed by atoms with E-state index in [1.807, 2.05) is 72.8 Å². The zero-order chi connectivity index (χ0) is 32.5. The number of rotatable bonds is 7. The van der Waals surface area contributed by atoms with Crippen molar-refractivity contribution >= 4 is 40.2 Å². The zero-order valence-corrected chi connectivity index (χ0v) is 25.9. The van der Waals surface area contributed by atoms with Crippen LogP contribution in [0, 0.1) is 35.5 Å². The average molecular weight is 631 g/mol. The van der Waals surface area contributed by atoms with Crippen LogP contribution in [0.3, 0.4) is 0 Å². The summed E-state index contributed by atoms with van der Waals surface area (Å²) in [6.07, 6.45) is 5.47. The highest BCUT2D eigenvalue weighted by molar-refractivity contribution is 6.22. The number of nitrogens with zero attached hydrogens (tertiary/aromatic N) is 2. The Bertz CT molecular complexity index is 2140. The summed E-state index contributed by atoms with van der Waals surface area (Å²) in [5, 5.41) is 0.611. The van der Waals surface area contributed by atoms with Gasteiger partial charge < -0.3 is 4.74 Å². The number of aromatic nitrogens is 1. The minimum absolute atomic E-state index is 0.0991. The highest BCUT2D eigenvalue weighted by Gasteiger charge is 2.67. The second kappa shape index (κ2) is 10.9. The summed E-state index contributed by atoms with van der Waals surface area (Å²) in [6, 6.07) is 33.2. The molecule has 6 unspecified atom stereocenters. The molecule has 4 aromatic carbocycles. The number of benzene rings is 4. The molecular formula is C41H30N2O5. The molecule has 6 atom stereocenters. The maximum Gasteiger partial charge on any atom is 0.339 e. The molecule has 234 valence electrons. The maximum atomic E-state index is 13.6. The largest absolute Gasteiger partial charge is 0.454 e. The third-order valence-electron chi connectivity index (χ3n) is 10.7. The molecule has 4 aliphatic carbocycles. The summed E-state index contributed by atoms with van der Waals surface area (Å²) in [7, 11) is 0. The Kier molecular flexibility index (Phi) is 6.51. The summed E-state index contributed by atoms with van der Waals surface area (Å²) < 4.78 is 5.54. The number of fused-ring (bicyclic) bond motifs is 1. The minimum Gasteiger partial charge on any atom is -0.454 e. The number of anilines is 1. The smallest absolute Gasteiger partial charge is 0.339 e. The highest BCUT2D eigenvalue weighted by atomic mass is 16.5. The Morgan fingerprint density at radius 2 is 1.31 bits per heavy atom. The van der Waals surface area contributed by atoms with Crippen molar-refractivity contribution in [2.24, 2.45) is 35.5 Å². The fraction of sp³-hybridized carbons (Fsp3) is 0.195. The SMILES string of the molecule is O=C(COC(=O)c1cc(-c2ccc(N3C(=O)C4C5C=CC(C6CC56)C4C3=O)cc2)nc2ccccc12)c1ccc(-c2ccccc2)cc1. The normalized spacial score (nSPS) is 24.8. The van der Waals surface area contributed by atoms with E-state index in [9.17, 15) is 19.2 Å². The van der Waals surface area contributed by atoms with Crippen molar-refractivity contribution in [2.75, 3.05) is 11.5 Å². The quantitative estimate of drug-likeness (QED) is 0.0820. The van der Waals surface area contributed by atoms with Gasteiger partial charge in [-0.3, -0.25) is 19.3 Å². The molecule has 7 heteroatoms. The number of pyridine rings is 1. The first-order valence-corrected chi connectivity index (χ1v) is 16.4. The molecule has 2 saturated carbocycles. The van der Waals surface area contributed by atoms with E-state index >= 15 is 0 Å². The summed E-state index contributed by atoms with van der Waals surface area (Å²) in [6.45, 7) is -0.400. The van der Waals surface area contributed by atoms with Gasteiger partial charge in [-0.05, 0) is 65.5 Å². The molecule has 3 fully saturated rings. The van der Waals surface area contributed by atoms with E-state index < -0.39 is 12.6 Å². The topological polar surface area (TPSA) is 93.6 Å². The predicted octanol–water partition coefficient (Wildman–Crippen LogP) is 7.17. The summed E-state index contributed by atoms with van der Waals surface area (Å²) in [4.78, 5) is 59.7. The van der Waals surface area contributed by atoms with Crippen LogP contribution in [0.1, 0.15) is 27.1 Å². The van der Waals surface area contributed by atoms with E-state index in [0.29, 0.717) is 50.8 Å². The molecule has 2 amide bonds. The number of ketones is 1. The van der Waals surface area contributed by atoms with E-state index in [2.05, 4.69) is 12.2 Å². The van der Waals surface area contributed by atoms with Gasteiger partial charge in [-0.1, -0.05) is 97.1 Å². The van der Waals surface area contributed by atoms with Gasteiger partial charge in [-0.25, -0.2) is 9.78 Å². The summed E-state index contributed by atoms with van der Waals surface area (Å²) >= 11 is 0. The molecule has 48 heavy (non-hydrogen) atoms. The molecule has 1 aliphatic heterocycles. The van der Waals surface area contributed by atoms with E-state index in [1.165, 1.54) is 4.90 Å². The number of carbonyl (C=O) groups is 4. The van der Waals surface area contributed by atoms with Gasteiger partial charge >= 0.3 is 5.97 Å². The lowest BCUT2D eigenvalue weighted by atomic mass is 9.63. The summed E-state index contributed by atoms with van der Waals surface area (Å²) in [5.41, 5.74) is 5.19. The number of imide groups is 1. The van der Waals surface area contributed by atoms with E-state index in [4.69, 9.17) is 9.72 Å². The van der Waals surface area contributed by atoms with Crippen LogP contribution in [-0.2, 0) is 14.3 Å². The molecule has 1 aromatic heterocycles. The van der Waals surface area contributed by atoms with Crippen LogP contribution in [0.25, 0.3) is 33.3 Å². The fourth-order valence-electron chi connectivity index (χ4n) is 8.26. The Morgan fingerprint density at radius 1 is 0.708 bits per heavy atom. The molecule has 1 saturated heterocycles. The number of Topliss-reactive ketones (excluding diaryl/α,β-unsaturated/α-hetero) is 1. The first-order valence-electron chi connectivity index (χ1n) is 16.4. The van der Waals surface area contributed by atoms with Gasteiger partial charge in [0.25, 0.3) is 0 Å². The molecule has 5 aromatic rings. The lowest BCUT2D eigenvalue weighted by Gasteiger charge is -2.37. The van der Waals surface area contributed by atoms with Crippen molar-refractivity contribution in [1.82, 2.24) is 4.98 Å². The number of carbonyl (C=O) groups excluding carboxylic acids is 4. The van der Waals surface area contributed by atoms with Gasteiger partial charge in [0.15, 0.2) is 12.4 Å². The van der Waals surface area contributed by atoms with Crippen LogP contribution < -0.4 is 4.90 Å². The lowest BCUT2D eigenvalue weighted by molar-refractivity contribution is -0.124. The van der Waals surface area contributed by atoms with Gasteiger partial charge in [0.2, 0.25) is 11.8 Å². The number of allylic oxidation sites excluding steroid dienone is 2. The first kappa shape index (κ1) is 28.5. The van der Waals surface area contributed by atoms with E-state index in [-0.39, 0.29) is 41.3 Å². The van der Waals surface area contributed by atoms with Crippen molar-refractivity contribution in [2.45, 2.75) is 6.42 Å². The highest BCUT2D eigenvalue weighted by Crippen LogP contribution is 2.65. The van der Waals surface area contributed by atoms with Crippen LogP contribution in [0.15, 0.2) is 121 Å². The molecule has 5 aliphatic rings. The number of esters is 1. The fourth-order valence-corrected chi connectivity index (χ4v) is 8.26. The molecule has 0 N–H and O–H groups in total. The standard InChI is InChI=1S/C41H30N2O5/c44-36(26-12-10-24(11-13-26)23-6-2-1-3-7-23)22-48-41(47)33-21-35(42-34-9-5-4-8-28(33)34)25-14-16-27(17-15-25)43-39(45)37-29-18-19-30(32-20-31(29)32)38(37)40(43)46/h1-19,21,29-32,37-38H,20,22H2. The molecule has 2 heterocycles. The Morgan fingerprint density at radius 3 is 2.00 bits per heavy atom. The number of para-hydroxylation sites is 1. The average Bonchev–Trinajstić information content (AvgIpc) is 3.92.